The van der Waals surface area contributed by atoms with Crippen LogP contribution in [-0.2, 0) is 6.42 Å². The molecule has 0 unspecified atom stereocenters. The molecule has 1 heterocycles. The third-order valence-electron chi connectivity index (χ3n) is 2.20. The maximum atomic E-state index is 8.97. The molecule has 1 aromatic heterocycles. The first-order valence-corrected chi connectivity index (χ1v) is 5.47. The van der Waals surface area contributed by atoms with Crippen molar-refractivity contribution in [2.45, 2.75) is 33.1 Å². The second-order valence-corrected chi connectivity index (χ2v) is 3.64. The smallest absolute Gasteiger partial charge is 0.112 e. The number of nitriles is 1. The molecule has 0 bridgehead atoms. The summed E-state index contributed by atoms with van der Waals surface area (Å²) in [7, 11) is 0. The van der Waals surface area contributed by atoms with Gasteiger partial charge in [0.25, 0.3) is 0 Å². The van der Waals surface area contributed by atoms with E-state index >= 15 is 0 Å². The molecule has 0 atom stereocenters. The van der Waals surface area contributed by atoms with Crippen molar-refractivity contribution in [3.05, 3.63) is 29.2 Å². The van der Waals surface area contributed by atoms with Crippen molar-refractivity contribution < 1.29 is 4.42 Å². The molecule has 0 aliphatic rings. The zero-order valence-corrected chi connectivity index (χ0v) is 9.77. The molecule has 0 saturated carbocycles. The summed E-state index contributed by atoms with van der Waals surface area (Å²) in [5.41, 5.74) is 1.49. The lowest BCUT2D eigenvalue weighted by atomic mass is 10.1. The number of hydrogen-bond donors (Lipinski definition) is 0. The normalized spacial score (nSPS) is 12.1. The maximum absolute atomic E-state index is 8.97. The van der Waals surface area contributed by atoms with Gasteiger partial charge in [-0.15, -0.1) is 0 Å². The highest BCUT2D eigenvalue weighted by molar-refractivity contribution is 6.49. The quantitative estimate of drug-likeness (QED) is 0.720. The fourth-order valence-electron chi connectivity index (χ4n) is 1.44. The van der Waals surface area contributed by atoms with Crippen molar-refractivity contribution in [3.63, 3.8) is 0 Å². The van der Waals surface area contributed by atoms with E-state index in [0.717, 1.165) is 24.2 Å². The van der Waals surface area contributed by atoms with Crippen LogP contribution in [0.25, 0.3) is 5.03 Å². The first-order chi connectivity index (χ1) is 7.24. The van der Waals surface area contributed by atoms with Gasteiger partial charge in [0.1, 0.15) is 5.76 Å². The van der Waals surface area contributed by atoms with E-state index in [4.69, 9.17) is 21.3 Å². The van der Waals surface area contributed by atoms with Gasteiger partial charge in [0.2, 0.25) is 0 Å². The van der Waals surface area contributed by atoms with Crippen molar-refractivity contribution in [2.75, 3.05) is 0 Å². The summed E-state index contributed by atoms with van der Waals surface area (Å²) in [4.78, 5) is 0. The van der Waals surface area contributed by atoms with E-state index in [9.17, 15) is 0 Å². The van der Waals surface area contributed by atoms with Gasteiger partial charge in [-0.3, -0.25) is 0 Å². The van der Waals surface area contributed by atoms with Gasteiger partial charge in [0, 0.05) is 17.6 Å². The van der Waals surface area contributed by atoms with Gasteiger partial charge in [-0.2, -0.15) is 5.26 Å². The molecule has 15 heavy (non-hydrogen) atoms. The second-order valence-electron chi connectivity index (χ2n) is 3.27. The Morgan fingerprint density at radius 3 is 2.80 bits per heavy atom. The number of aryl methyl sites for hydroxylation is 1. The molecule has 80 valence electrons. The van der Waals surface area contributed by atoms with Crippen molar-refractivity contribution in [1.29, 1.82) is 5.26 Å². The lowest BCUT2D eigenvalue weighted by Gasteiger charge is -2.02. The summed E-state index contributed by atoms with van der Waals surface area (Å²) in [6.45, 7) is 4.02. The third kappa shape index (κ3) is 2.64. The highest BCUT2D eigenvalue weighted by Crippen LogP contribution is 2.29. The van der Waals surface area contributed by atoms with E-state index in [0.29, 0.717) is 17.0 Å². The van der Waals surface area contributed by atoms with Crippen molar-refractivity contribution >= 4 is 16.6 Å². The summed E-state index contributed by atoms with van der Waals surface area (Å²) < 4.78 is 5.28. The number of rotatable bonds is 4. The molecule has 1 rings (SSSR count). The Bertz CT molecular complexity index is 398. The number of halogens is 1. The molecule has 0 saturated heterocycles. The first-order valence-electron chi connectivity index (χ1n) is 5.10. The maximum Gasteiger partial charge on any atom is 0.112 e. The Kier molecular flexibility index (Phi) is 4.45. The largest absolute Gasteiger partial charge is 0.469 e. The van der Waals surface area contributed by atoms with Crippen LogP contribution in [0, 0.1) is 11.3 Å². The predicted octanol–water partition coefficient (Wildman–Crippen LogP) is 4.12. The summed E-state index contributed by atoms with van der Waals surface area (Å²) in [6.07, 6.45) is 4.02. The molecule has 0 amide bonds. The van der Waals surface area contributed by atoms with E-state index in [1.165, 1.54) is 0 Å². The molecule has 0 aliphatic heterocycles. The average molecular weight is 224 g/mol. The first kappa shape index (κ1) is 11.9. The minimum absolute atomic E-state index is 0.532. The van der Waals surface area contributed by atoms with Crippen LogP contribution in [0.3, 0.4) is 0 Å². The molecule has 2 nitrogen and oxygen atoms in total. The summed E-state index contributed by atoms with van der Waals surface area (Å²) in [5, 5.41) is 9.50. The molecule has 1 aromatic rings. The number of furan rings is 1. The fourth-order valence-corrected chi connectivity index (χ4v) is 1.74. The summed E-state index contributed by atoms with van der Waals surface area (Å²) in [6, 6.07) is 3.96. The Balaban J connectivity index is 3.11. The van der Waals surface area contributed by atoms with Crippen LogP contribution in [0.5, 0.6) is 0 Å². The second kappa shape index (κ2) is 5.63. The van der Waals surface area contributed by atoms with Gasteiger partial charge in [0.15, 0.2) is 0 Å². The van der Waals surface area contributed by atoms with E-state index in [2.05, 4.69) is 6.07 Å². The van der Waals surface area contributed by atoms with Gasteiger partial charge in [0.05, 0.1) is 17.4 Å². The molecular formula is C12H14ClNO. The minimum atomic E-state index is 0.532. The van der Waals surface area contributed by atoms with E-state index in [-0.39, 0.29) is 0 Å². The Hall–Kier alpha value is -1.20. The molecule has 0 spiro atoms. The highest BCUT2D eigenvalue weighted by Gasteiger charge is 2.12. The van der Waals surface area contributed by atoms with Crippen LogP contribution < -0.4 is 0 Å². The Labute approximate surface area is 95.2 Å². The topological polar surface area (TPSA) is 36.9 Å². The van der Waals surface area contributed by atoms with Crippen molar-refractivity contribution in [1.82, 2.24) is 0 Å². The molecular weight excluding hydrogens is 210 g/mol. The van der Waals surface area contributed by atoms with Crippen molar-refractivity contribution in [3.8, 4) is 6.07 Å². The number of hydrogen-bond acceptors (Lipinski definition) is 2. The summed E-state index contributed by atoms with van der Waals surface area (Å²) in [5.74, 6) is 0.837. The monoisotopic (exact) mass is 223 g/mol. The van der Waals surface area contributed by atoms with Gasteiger partial charge in [-0.25, -0.2) is 0 Å². The lowest BCUT2D eigenvalue weighted by Crippen LogP contribution is -1.87. The van der Waals surface area contributed by atoms with Crippen LogP contribution >= 0.6 is 11.6 Å². The van der Waals surface area contributed by atoms with Crippen LogP contribution in [-0.4, -0.2) is 0 Å². The molecule has 0 N–H and O–H groups in total. The van der Waals surface area contributed by atoms with Crippen LogP contribution in [0.2, 0.25) is 0 Å². The predicted molar refractivity (Wildman–Crippen MR) is 61.4 cm³/mol. The van der Waals surface area contributed by atoms with E-state index < -0.39 is 0 Å². The third-order valence-corrected chi connectivity index (χ3v) is 2.63. The zero-order valence-electron chi connectivity index (χ0n) is 9.01. The van der Waals surface area contributed by atoms with Crippen molar-refractivity contribution in [2.24, 2.45) is 0 Å². The Morgan fingerprint density at radius 2 is 2.27 bits per heavy atom. The van der Waals surface area contributed by atoms with E-state index in [1.807, 2.05) is 19.9 Å². The summed E-state index contributed by atoms with van der Waals surface area (Å²) >= 11 is 6.17. The zero-order chi connectivity index (χ0) is 11.3. The average Bonchev–Trinajstić information content (AvgIpc) is 2.72. The van der Waals surface area contributed by atoms with E-state index in [1.54, 1.807) is 6.26 Å². The lowest BCUT2D eigenvalue weighted by molar-refractivity contribution is 0.515. The molecule has 3 heteroatoms. The number of allylic oxidation sites excluding steroid dienone is 1. The molecule has 0 aliphatic carbocycles. The number of nitrogens with zero attached hydrogens (tertiary/aromatic N) is 1. The highest BCUT2D eigenvalue weighted by atomic mass is 35.5. The van der Waals surface area contributed by atoms with Gasteiger partial charge in [-0.05, 0) is 12.5 Å². The minimum Gasteiger partial charge on any atom is -0.469 e. The van der Waals surface area contributed by atoms with Crippen LogP contribution in [0.15, 0.2) is 22.3 Å². The molecule has 0 aromatic carbocycles. The molecule has 0 radical (unpaired) electrons. The fraction of sp³-hybridized carbons (Fsp3) is 0.417. The SMILES string of the molecule is CCC/C(C#N)=C(/Cl)c1ccoc1CC. The van der Waals surface area contributed by atoms with Gasteiger partial charge >= 0.3 is 0 Å². The standard InChI is InChI=1S/C12H14ClNO/c1-3-5-9(8-14)12(13)10-6-7-15-11(10)4-2/h6-7H,3-5H2,1-2H3/b12-9-. The van der Waals surface area contributed by atoms with Gasteiger partial charge in [-0.1, -0.05) is 31.9 Å². The molecule has 0 fully saturated rings. The van der Waals surface area contributed by atoms with Crippen LogP contribution in [0.4, 0.5) is 0 Å². The van der Waals surface area contributed by atoms with Gasteiger partial charge < -0.3 is 4.42 Å². The Morgan fingerprint density at radius 1 is 1.53 bits per heavy atom. The van der Waals surface area contributed by atoms with Crippen LogP contribution in [0.1, 0.15) is 38.0 Å².